The molecule has 1 aromatic rings. The number of rotatable bonds is 5. The van der Waals surface area contributed by atoms with Crippen LogP contribution in [0.25, 0.3) is 0 Å². The predicted molar refractivity (Wildman–Crippen MR) is 60.5 cm³/mol. The Morgan fingerprint density at radius 1 is 1.73 bits per heavy atom. The van der Waals surface area contributed by atoms with E-state index in [9.17, 15) is 4.79 Å². The van der Waals surface area contributed by atoms with Gasteiger partial charge in [-0.15, -0.1) is 11.8 Å². The Morgan fingerprint density at radius 2 is 2.40 bits per heavy atom. The maximum atomic E-state index is 10.7. The van der Waals surface area contributed by atoms with Crippen molar-refractivity contribution in [2.45, 2.75) is 24.4 Å². The van der Waals surface area contributed by atoms with Crippen LogP contribution in [0.5, 0.6) is 0 Å². The van der Waals surface area contributed by atoms with Crippen LogP contribution >= 0.6 is 11.8 Å². The van der Waals surface area contributed by atoms with E-state index >= 15 is 0 Å². The van der Waals surface area contributed by atoms with Crippen molar-refractivity contribution in [2.24, 2.45) is 18.5 Å². The highest BCUT2D eigenvalue weighted by molar-refractivity contribution is 7.99. The van der Waals surface area contributed by atoms with E-state index in [-0.39, 0.29) is 0 Å². The van der Waals surface area contributed by atoms with Crippen molar-refractivity contribution in [3.8, 4) is 0 Å². The van der Waals surface area contributed by atoms with Crippen LogP contribution in [-0.2, 0) is 11.8 Å². The molecule has 15 heavy (non-hydrogen) atoms. The van der Waals surface area contributed by atoms with Crippen LogP contribution in [0.15, 0.2) is 11.1 Å². The lowest BCUT2D eigenvalue weighted by Gasteiger charge is -2.06. The Labute approximate surface area is 93.2 Å². The first-order chi connectivity index (χ1) is 7.00. The first-order valence-electron chi connectivity index (χ1n) is 4.69. The molecule has 0 spiro atoms. The summed E-state index contributed by atoms with van der Waals surface area (Å²) in [4.78, 5) is 10.7. The molecular weight excluding hydrogens is 212 g/mol. The van der Waals surface area contributed by atoms with Crippen molar-refractivity contribution in [3.63, 3.8) is 0 Å². The molecule has 0 fully saturated rings. The van der Waals surface area contributed by atoms with E-state index in [0.717, 1.165) is 16.5 Å². The van der Waals surface area contributed by atoms with Gasteiger partial charge < -0.3 is 11.5 Å². The minimum Gasteiger partial charge on any atom is -0.368 e. The Morgan fingerprint density at radius 3 is 2.87 bits per heavy atom. The molecule has 84 valence electrons. The van der Waals surface area contributed by atoms with Gasteiger partial charge in [0.05, 0.1) is 16.8 Å². The van der Waals surface area contributed by atoms with Gasteiger partial charge in [0.2, 0.25) is 5.91 Å². The Kier molecular flexibility index (Phi) is 4.16. The minimum atomic E-state index is -0.549. The summed E-state index contributed by atoms with van der Waals surface area (Å²) >= 11 is 1.63. The molecule has 6 heteroatoms. The molecule has 0 aliphatic carbocycles. The second-order valence-corrected chi connectivity index (χ2v) is 4.51. The lowest BCUT2D eigenvalue weighted by molar-refractivity contribution is -0.119. The third-order valence-corrected chi connectivity index (χ3v) is 3.12. The van der Waals surface area contributed by atoms with Crippen LogP contribution in [0.1, 0.15) is 12.1 Å². The smallest absolute Gasteiger partial charge is 0.234 e. The number of amides is 1. The van der Waals surface area contributed by atoms with E-state index in [1.165, 1.54) is 0 Å². The second-order valence-electron chi connectivity index (χ2n) is 3.39. The first kappa shape index (κ1) is 12.1. The van der Waals surface area contributed by atoms with Crippen LogP contribution in [0.3, 0.4) is 0 Å². The average Bonchev–Trinajstić information content (AvgIpc) is 2.45. The highest BCUT2D eigenvalue weighted by Crippen LogP contribution is 2.19. The summed E-state index contributed by atoms with van der Waals surface area (Å²) in [5.74, 6) is 0.320. The first-order valence-corrected chi connectivity index (χ1v) is 5.67. The summed E-state index contributed by atoms with van der Waals surface area (Å²) in [5.41, 5.74) is 11.6. The maximum Gasteiger partial charge on any atom is 0.234 e. The quantitative estimate of drug-likeness (QED) is 0.696. The van der Waals surface area contributed by atoms with E-state index in [4.69, 9.17) is 11.5 Å². The standard InChI is InChI=1S/C9H16N4OS/c1-6-5-8(13(2)12-6)15-4-3-7(10)9(11)14/h5,7H,3-4,10H2,1-2H3,(H2,11,14). The second kappa shape index (κ2) is 5.18. The normalized spacial score (nSPS) is 12.7. The van der Waals surface area contributed by atoms with Crippen LogP contribution in [-0.4, -0.2) is 27.5 Å². The molecule has 1 aromatic heterocycles. The number of thioether (sulfide) groups is 1. The lowest BCUT2D eigenvalue weighted by Crippen LogP contribution is -2.36. The van der Waals surface area contributed by atoms with Gasteiger partial charge in [0.15, 0.2) is 0 Å². The molecular formula is C9H16N4OS. The molecule has 1 rings (SSSR count). The maximum absolute atomic E-state index is 10.7. The van der Waals surface area contributed by atoms with E-state index in [1.54, 1.807) is 11.8 Å². The number of nitrogens with two attached hydrogens (primary N) is 2. The largest absolute Gasteiger partial charge is 0.368 e. The fraction of sp³-hybridized carbons (Fsp3) is 0.556. The predicted octanol–water partition coefficient (Wildman–Crippen LogP) is 0.0233. The molecule has 0 aliphatic rings. The van der Waals surface area contributed by atoms with E-state index in [1.807, 2.05) is 24.7 Å². The van der Waals surface area contributed by atoms with E-state index < -0.39 is 11.9 Å². The van der Waals surface area contributed by atoms with Gasteiger partial charge in [-0.2, -0.15) is 5.10 Å². The molecule has 0 saturated carbocycles. The highest BCUT2D eigenvalue weighted by Gasteiger charge is 2.09. The van der Waals surface area contributed by atoms with Crippen molar-refractivity contribution in [1.29, 1.82) is 0 Å². The van der Waals surface area contributed by atoms with Crippen molar-refractivity contribution < 1.29 is 4.79 Å². The van der Waals surface area contributed by atoms with E-state index in [2.05, 4.69) is 5.10 Å². The van der Waals surface area contributed by atoms with Gasteiger partial charge in [0.1, 0.15) is 0 Å². The summed E-state index contributed by atoms with van der Waals surface area (Å²) in [6, 6.07) is 1.45. The Hall–Kier alpha value is -1.01. The molecule has 0 aliphatic heterocycles. The molecule has 1 amide bonds. The topological polar surface area (TPSA) is 86.9 Å². The molecule has 1 atom stereocenters. The monoisotopic (exact) mass is 228 g/mol. The molecule has 1 unspecified atom stereocenters. The van der Waals surface area contributed by atoms with Gasteiger partial charge in [0, 0.05) is 12.8 Å². The third-order valence-electron chi connectivity index (χ3n) is 2.00. The van der Waals surface area contributed by atoms with Gasteiger partial charge in [-0.3, -0.25) is 9.48 Å². The fourth-order valence-electron chi connectivity index (χ4n) is 1.15. The number of hydrogen-bond acceptors (Lipinski definition) is 4. The number of carbonyl (C=O) groups is 1. The molecule has 1 heterocycles. The molecule has 0 saturated heterocycles. The number of carbonyl (C=O) groups excluding carboxylic acids is 1. The number of primary amides is 1. The van der Waals surface area contributed by atoms with Crippen molar-refractivity contribution in [2.75, 3.05) is 5.75 Å². The average molecular weight is 228 g/mol. The zero-order valence-corrected chi connectivity index (χ0v) is 9.75. The van der Waals surface area contributed by atoms with Crippen LogP contribution < -0.4 is 11.5 Å². The zero-order chi connectivity index (χ0) is 11.4. The van der Waals surface area contributed by atoms with Gasteiger partial charge in [-0.05, 0) is 19.4 Å². The Bertz CT molecular complexity index is 350. The van der Waals surface area contributed by atoms with Crippen molar-refractivity contribution in [3.05, 3.63) is 11.8 Å². The number of aryl methyl sites for hydroxylation is 2. The number of hydrogen-bond donors (Lipinski definition) is 2. The van der Waals surface area contributed by atoms with Gasteiger partial charge in [-0.1, -0.05) is 0 Å². The number of aromatic nitrogens is 2. The summed E-state index contributed by atoms with van der Waals surface area (Å²) in [7, 11) is 1.89. The Balaban J connectivity index is 2.38. The summed E-state index contributed by atoms with van der Waals surface area (Å²) < 4.78 is 1.82. The lowest BCUT2D eigenvalue weighted by atomic mass is 10.2. The van der Waals surface area contributed by atoms with Crippen LogP contribution in [0.4, 0.5) is 0 Å². The number of nitrogens with zero attached hydrogens (tertiary/aromatic N) is 2. The minimum absolute atomic E-state index is 0.447. The van der Waals surface area contributed by atoms with Gasteiger partial charge >= 0.3 is 0 Å². The molecule has 0 bridgehead atoms. The SMILES string of the molecule is Cc1cc(SCCC(N)C(N)=O)n(C)n1. The summed E-state index contributed by atoms with van der Waals surface area (Å²) in [6.45, 7) is 1.94. The van der Waals surface area contributed by atoms with Crippen LogP contribution in [0, 0.1) is 6.92 Å². The summed E-state index contributed by atoms with van der Waals surface area (Å²) in [6.07, 6.45) is 0.588. The van der Waals surface area contributed by atoms with E-state index in [0.29, 0.717) is 6.42 Å². The highest BCUT2D eigenvalue weighted by atomic mass is 32.2. The van der Waals surface area contributed by atoms with Crippen molar-refractivity contribution in [1.82, 2.24) is 9.78 Å². The zero-order valence-electron chi connectivity index (χ0n) is 8.93. The molecule has 5 nitrogen and oxygen atoms in total. The van der Waals surface area contributed by atoms with Crippen molar-refractivity contribution >= 4 is 17.7 Å². The molecule has 0 aromatic carbocycles. The van der Waals surface area contributed by atoms with Crippen LogP contribution in [0.2, 0.25) is 0 Å². The third kappa shape index (κ3) is 3.56. The van der Waals surface area contributed by atoms with Gasteiger partial charge in [0.25, 0.3) is 0 Å². The van der Waals surface area contributed by atoms with Gasteiger partial charge in [-0.25, -0.2) is 0 Å². The molecule has 4 N–H and O–H groups in total. The summed E-state index contributed by atoms with van der Waals surface area (Å²) in [5, 5.41) is 5.29. The molecule has 0 radical (unpaired) electrons. The fourth-order valence-corrected chi connectivity index (χ4v) is 2.22.